The Morgan fingerprint density at radius 2 is 2.05 bits per heavy atom. The number of aryl methyl sites for hydroxylation is 1. The van der Waals surface area contributed by atoms with E-state index in [1.54, 1.807) is 24.3 Å². The first-order valence-corrected chi connectivity index (χ1v) is 6.88. The molecule has 0 spiro atoms. The van der Waals surface area contributed by atoms with Gasteiger partial charge in [0.05, 0.1) is 5.02 Å². The summed E-state index contributed by atoms with van der Waals surface area (Å²) in [6.45, 7) is 1.91. The minimum absolute atomic E-state index is 0.0182. The maximum Gasteiger partial charge on any atom is 0.167 e. The van der Waals surface area contributed by atoms with Gasteiger partial charge >= 0.3 is 0 Å². The number of carbonyl (C=O) groups excluding carboxylic acids is 1. The average molecular weight is 342 g/mol. The highest BCUT2D eigenvalue weighted by molar-refractivity contribution is 9.10. The van der Waals surface area contributed by atoms with Crippen molar-refractivity contribution in [1.82, 2.24) is 0 Å². The molecule has 0 fully saturated rings. The monoisotopic (exact) mass is 340 g/mol. The number of ketones is 1. The van der Waals surface area contributed by atoms with Gasteiger partial charge < -0.3 is 0 Å². The number of carbonyl (C=O) groups is 1. The minimum atomic E-state index is -0.501. The van der Waals surface area contributed by atoms with Crippen molar-refractivity contribution in [3.8, 4) is 0 Å². The predicted octanol–water partition coefficient (Wildman–Crippen LogP) is 4.98. The lowest BCUT2D eigenvalue weighted by Gasteiger charge is -2.06. The normalized spacial score (nSPS) is 10.5. The lowest BCUT2D eigenvalue weighted by Crippen LogP contribution is -2.05. The lowest BCUT2D eigenvalue weighted by atomic mass is 10.0. The molecule has 0 radical (unpaired) electrons. The van der Waals surface area contributed by atoms with E-state index in [2.05, 4.69) is 15.9 Å². The van der Waals surface area contributed by atoms with Gasteiger partial charge in [0, 0.05) is 16.5 Å². The lowest BCUT2D eigenvalue weighted by molar-refractivity contribution is 0.0993. The van der Waals surface area contributed by atoms with Crippen LogP contribution in [0.4, 0.5) is 4.39 Å². The molecule has 0 unspecified atom stereocenters. The van der Waals surface area contributed by atoms with Crippen LogP contribution in [0.5, 0.6) is 0 Å². The Labute approximate surface area is 124 Å². The molecule has 0 saturated carbocycles. The van der Waals surface area contributed by atoms with Gasteiger partial charge in [-0.2, -0.15) is 0 Å². The number of halogens is 3. The number of hydrogen-bond donors (Lipinski definition) is 0. The van der Waals surface area contributed by atoms with Gasteiger partial charge in [-0.05, 0) is 36.2 Å². The van der Waals surface area contributed by atoms with E-state index in [9.17, 15) is 9.18 Å². The topological polar surface area (TPSA) is 17.1 Å². The average Bonchev–Trinajstić information content (AvgIpc) is 2.38. The van der Waals surface area contributed by atoms with Crippen LogP contribution in [-0.4, -0.2) is 5.78 Å². The quantitative estimate of drug-likeness (QED) is 0.720. The van der Waals surface area contributed by atoms with Gasteiger partial charge in [-0.1, -0.05) is 45.7 Å². The van der Waals surface area contributed by atoms with Crippen LogP contribution in [0.25, 0.3) is 0 Å². The molecule has 0 N–H and O–H groups in total. The van der Waals surface area contributed by atoms with Gasteiger partial charge in [0.1, 0.15) is 5.82 Å². The Balaban J connectivity index is 2.26. The number of hydrogen-bond acceptors (Lipinski definition) is 1. The largest absolute Gasteiger partial charge is 0.294 e. The summed E-state index contributed by atoms with van der Waals surface area (Å²) in [6, 6.07) is 9.87. The van der Waals surface area contributed by atoms with Gasteiger partial charge in [-0.25, -0.2) is 4.39 Å². The summed E-state index contributed by atoms with van der Waals surface area (Å²) in [6.07, 6.45) is 0.0949. The van der Waals surface area contributed by atoms with Gasteiger partial charge in [-0.3, -0.25) is 4.79 Å². The van der Waals surface area contributed by atoms with Crippen molar-refractivity contribution < 1.29 is 9.18 Å². The molecule has 0 saturated heterocycles. The molecule has 0 bridgehead atoms. The molecule has 1 nitrogen and oxygen atoms in total. The van der Waals surface area contributed by atoms with Crippen molar-refractivity contribution in [1.29, 1.82) is 0 Å². The van der Waals surface area contributed by atoms with Crippen molar-refractivity contribution in [2.24, 2.45) is 0 Å². The van der Waals surface area contributed by atoms with E-state index in [1.165, 1.54) is 6.07 Å². The zero-order valence-electron chi connectivity index (χ0n) is 10.2. The molecule has 0 atom stereocenters. The Kier molecular flexibility index (Phi) is 4.38. The van der Waals surface area contributed by atoms with E-state index in [-0.39, 0.29) is 17.2 Å². The summed E-state index contributed by atoms with van der Waals surface area (Å²) in [5.74, 6) is -0.581. The number of benzene rings is 2. The second kappa shape index (κ2) is 5.85. The number of Topliss-reactive ketones (excluding diaryl/α,β-unsaturated/α-hetero) is 1. The van der Waals surface area contributed by atoms with Gasteiger partial charge in [0.15, 0.2) is 5.78 Å². The smallest absolute Gasteiger partial charge is 0.167 e. The molecular formula is C15H11BrClFO. The van der Waals surface area contributed by atoms with Gasteiger partial charge in [0.2, 0.25) is 0 Å². The van der Waals surface area contributed by atoms with Gasteiger partial charge in [-0.15, -0.1) is 0 Å². The van der Waals surface area contributed by atoms with Crippen molar-refractivity contribution in [3.05, 3.63) is 68.4 Å². The first-order chi connectivity index (χ1) is 8.99. The standard InChI is InChI=1S/C15H11BrClFO/c1-9-7-10(5-6-12(9)16)14(19)8-11-3-2-4-13(18)15(11)17/h2-7H,8H2,1H3. The Morgan fingerprint density at radius 3 is 2.74 bits per heavy atom. The summed E-state index contributed by atoms with van der Waals surface area (Å²) in [4.78, 5) is 12.1. The minimum Gasteiger partial charge on any atom is -0.294 e. The maximum absolute atomic E-state index is 13.3. The van der Waals surface area contributed by atoms with E-state index >= 15 is 0 Å². The van der Waals surface area contributed by atoms with Crippen LogP contribution >= 0.6 is 27.5 Å². The highest BCUT2D eigenvalue weighted by Crippen LogP contribution is 2.22. The van der Waals surface area contributed by atoms with Gasteiger partial charge in [0.25, 0.3) is 0 Å². The SMILES string of the molecule is Cc1cc(C(=O)Cc2cccc(F)c2Cl)ccc1Br. The van der Waals surface area contributed by atoms with Crippen LogP contribution in [0.1, 0.15) is 21.5 Å². The summed E-state index contributed by atoms with van der Waals surface area (Å²) in [5.41, 5.74) is 2.09. The molecule has 0 aliphatic rings. The molecule has 2 aromatic carbocycles. The fourth-order valence-electron chi connectivity index (χ4n) is 1.78. The Bertz CT molecular complexity index is 640. The van der Waals surface area contributed by atoms with Crippen LogP contribution in [0.15, 0.2) is 40.9 Å². The molecule has 4 heteroatoms. The van der Waals surface area contributed by atoms with E-state index in [4.69, 9.17) is 11.6 Å². The first-order valence-electron chi connectivity index (χ1n) is 5.71. The third-order valence-corrected chi connectivity index (χ3v) is 4.18. The van der Waals surface area contributed by atoms with Crippen LogP contribution in [0.2, 0.25) is 5.02 Å². The van der Waals surface area contributed by atoms with Crippen LogP contribution in [0.3, 0.4) is 0 Å². The highest BCUT2D eigenvalue weighted by Gasteiger charge is 2.12. The Hall–Kier alpha value is -1.19. The van der Waals surface area contributed by atoms with Crippen molar-refractivity contribution in [2.75, 3.05) is 0 Å². The fourth-order valence-corrected chi connectivity index (χ4v) is 2.22. The van der Waals surface area contributed by atoms with Crippen LogP contribution < -0.4 is 0 Å². The molecule has 0 aliphatic carbocycles. The maximum atomic E-state index is 13.3. The predicted molar refractivity (Wildman–Crippen MR) is 78.3 cm³/mol. The molecule has 19 heavy (non-hydrogen) atoms. The zero-order valence-corrected chi connectivity index (χ0v) is 12.6. The third-order valence-electron chi connectivity index (χ3n) is 2.86. The summed E-state index contributed by atoms with van der Waals surface area (Å²) < 4.78 is 14.3. The molecule has 0 aromatic heterocycles. The summed E-state index contributed by atoms with van der Waals surface area (Å²) in [7, 11) is 0. The molecular weight excluding hydrogens is 331 g/mol. The molecule has 98 valence electrons. The second-order valence-electron chi connectivity index (χ2n) is 4.28. The summed E-state index contributed by atoms with van der Waals surface area (Å²) in [5, 5.41) is 0.0182. The van der Waals surface area contributed by atoms with Crippen LogP contribution in [-0.2, 0) is 6.42 Å². The van der Waals surface area contributed by atoms with Crippen molar-refractivity contribution in [3.63, 3.8) is 0 Å². The van der Waals surface area contributed by atoms with E-state index in [0.29, 0.717) is 11.1 Å². The fraction of sp³-hybridized carbons (Fsp3) is 0.133. The molecule has 0 amide bonds. The molecule has 2 aromatic rings. The molecule has 2 rings (SSSR count). The molecule has 0 aliphatic heterocycles. The third kappa shape index (κ3) is 3.23. The van der Waals surface area contributed by atoms with E-state index in [1.807, 2.05) is 13.0 Å². The van der Waals surface area contributed by atoms with E-state index in [0.717, 1.165) is 10.0 Å². The van der Waals surface area contributed by atoms with E-state index < -0.39 is 5.82 Å². The highest BCUT2D eigenvalue weighted by atomic mass is 79.9. The first kappa shape index (κ1) is 14.2. The molecule has 0 heterocycles. The zero-order chi connectivity index (χ0) is 14.0. The Morgan fingerprint density at radius 1 is 1.32 bits per heavy atom. The van der Waals surface area contributed by atoms with Crippen molar-refractivity contribution in [2.45, 2.75) is 13.3 Å². The number of rotatable bonds is 3. The summed E-state index contributed by atoms with van der Waals surface area (Å²) >= 11 is 9.23. The second-order valence-corrected chi connectivity index (χ2v) is 5.51. The van der Waals surface area contributed by atoms with Crippen LogP contribution in [0, 0.1) is 12.7 Å². The van der Waals surface area contributed by atoms with Crippen molar-refractivity contribution >= 4 is 33.3 Å².